The summed E-state index contributed by atoms with van der Waals surface area (Å²) in [7, 11) is 4.63. The van der Waals surface area contributed by atoms with Crippen molar-refractivity contribution < 1.29 is 32.2 Å². The van der Waals surface area contributed by atoms with Gasteiger partial charge in [-0.2, -0.15) is 18.2 Å². The first-order valence-electron chi connectivity index (χ1n) is 15.3. The van der Waals surface area contributed by atoms with Gasteiger partial charge < -0.3 is 30.7 Å². The molecule has 4 fully saturated rings. The summed E-state index contributed by atoms with van der Waals surface area (Å²) in [6.07, 6.45) is 0.598. The highest BCUT2D eigenvalue weighted by Crippen LogP contribution is 2.61. The van der Waals surface area contributed by atoms with Crippen molar-refractivity contribution in [2.45, 2.75) is 51.3 Å². The summed E-state index contributed by atoms with van der Waals surface area (Å²) in [6, 6.07) is 10.0. The number of rotatable bonds is 9. The SMILES string of the molecule is CNC(=O)c1cccc(C)c1Nc1nc(Nc2ccc(OC3C4CC5CC3CC(C(=O)NC)(C5)C4)cc2OC)ncc1C(F)(F)F. The number of hydrogen-bond donors (Lipinski definition) is 4. The molecule has 2 aromatic carbocycles. The summed E-state index contributed by atoms with van der Waals surface area (Å²) in [6.45, 7) is 1.68. The van der Waals surface area contributed by atoms with Crippen molar-refractivity contribution in [1.29, 1.82) is 0 Å². The van der Waals surface area contributed by atoms with E-state index in [2.05, 4.69) is 31.2 Å². The molecule has 3 aromatic rings. The molecule has 4 aliphatic rings. The van der Waals surface area contributed by atoms with E-state index in [9.17, 15) is 22.8 Å². The third-order valence-corrected chi connectivity index (χ3v) is 9.67. The van der Waals surface area contributed by atoms with Gasteiger partial charge in [0.2, 0.25) is 11.9 Å². The molecule has 4 aliphatic carbocycles. The molecule has 0 aliphatic heterocycles. The Morgan fingerprint density at radius 3 is 2.39 bits per heavy atom. The molecule has 1 aromatic heterocycles. The number of aryl methyl sites for hydroxylation is 1. The van der Waals surface area contributed by atoms with Crippen LogP contribution >= 0.6 is 0 Å². The summed E-state index contributed by atoms with van der Waals surface area (Å²) in [5.41, 5.74) is -0.0386. The second kappa shape index (κ2) is 12.0. The highest BCUT2D eigenvalue weighted by molar-refractivity contribution is 6.00. The van der Waals surface area contributed by atoms with Crippen molar-refractivity contribution in [3.05, 3.63) is 59.3 Å². The number of nitrogens with one attached hydrogen (secondary N) is 4. The van der Waals surface area contributed by atoms with E-state index in [4.69, 9.17) is 9.47 Å². The zero-order chi connectivity index (χ0) is 32.8. The molecule has 2 unspecified atom stereocenters. The van der Waals surface area contributed by atoms with E-state index in [0.717, 1.165) is 32.1 Å². The minimum atomic E-state index is -4.76. The first-order chi connectivity index (χ1) is 21.9. The lowest BCUT2D eigenvalue weighted by atomic mass is 9.48. The maximum Gasteiger partial charge on any atom is 0.421 e. The topological polar surface area (TPSA) is 126 Å². The number of benzene rings is 2. The van der Waals surface area contributed by atoms with Crippen LogP contribution in [-0.4, -0.2) is 49.1 Å². The van der Waals surface area contributed by atoms with Gasteiger partial charge in [-0.25, -0.2) is 4.98 Å². The lowest BCUT2D eigenvalue weighted by molar-refractivity contribution is -0.159. The van der Waals surface area contributed by atoms with Crippen LogP contribution in [0.1, 0.15) is 53.6 Å². The van der Waals surface area contributed by atoms with E-state index in [1.165, 1.54) is 20.2 Å². The van der Waals surface area contributed by atoms with Gasteiger partial charge in [0.05, 0.1) is 29.5 Å². The summed E-state index contributed by atoms with van der Waals surface area (Å²) in [4.78, 5) is 33.3. The Bertz CT molecular complexity index is 1650. The smallest absolute Gasteiger partial charge is 0.421 e. The van der Waals surface area contributed by atoms with Gasteiger partial charge in [0.1, 0.15) is 29.0 Å². The molecule has 10 nitrogen and oxygen atoms in total. The van der Waals surface area contributed by atoms with Crippen LogP contribution < -0.4 is 30.7 Å². The average Bonchev–Trinajstić information content (AvgIpc) is 3.02. The highest BCUT2D eigenvalue weighted by Gasteiger charge is 2.59. The van der Waals surface area contributed by atoms with Gasteiger partial charge in [0.15, 0.2) is 0 Å². The van der Waals surface area contributed by atoms with Crippen molar-refractivity contribution in [2.24, 2.45) is 23.2 Å². The lowest BCUT2D eigenvalue weighted by Gasteiger charge is -2.58. The number of hydrogen-bond acceptors (Lipinski definition) is 8. The van der Waals surface area contributed by atoms with Crippen molar-refractivity contribution in [2.75, 3.05) is 31.8 Å². The zero-order valence-corrected chi connectivity index (χ0v) is 26.0. The third kappa shape index (κ3) is 5.78. The Morgan fingerprint density at radius 2 is 1.74 bits per heavy atom. The molecule has 7 rings (SSSR count). The summed E-state index contributed by atoms with van der Waals surface area (Å²) in [5, 5.41) is 11.1. The summed E-state index contributed by atoms with van der Waals surface area (Å²) >= 11 is 0. The molecule has 2 amide bonds. The lowest BCUT2D eigenvalue weighted by Crippen LogP contribution is -2.59. The van der Waals surface area contributed by atoms with Crippen LogP contribution in [0.5, 0.6) is 11.5 Å². The Labute approximate surface area is 264 Å². The number of carbonyl (C=O) groups excluding carboxylic acids is 2. The molecule has 0 radical (unpaired) electrons. The molecule has 4 bridgehead atoms. The van der Waals surface area contributed by atoms with Gasteiger partial charge >= 0.3 is 6.18 Å². The predicted octanol–water partition coefficient (Wildman–Crippen LogP) is 5.98. The molecule has 244 valence electrons. The van der Waals surface area contributed by atoms with Crippen LogP contribution in [0.4, 0.5) is 36.3 Å². The fourth-order valence-corrected chi connectivity index (χ4v) is 7.86. The Hall–Kier alpha value is -4.55. The van der Waals surface area contributed by atoms with Crippen molar-refractivity contribution in [1.82, 2.24) is 20.6 Å². The van der Waals surface area contributed by atoms with Crippen molar-refractivity contribution >= 4 is 35.0 Å². The molecule has 0 saturated heterocycles. The molecule has 0 spiro atoms. The normalized spacial score (nSPS) is 24.7. The highest BCUT2D eigenvalue weighted by atomic mass is 19.4. The van der Waals surface area contributed by atoms with E-state index in [-0.39, 0.29) is 46.5 Å². The van der Waals surface area contributed by atoms with E-state index < -0.39 is 23.5 Å². The van der Waals surface area contributed by atoms with Crippen LogP contribution in [-0.2, 0) is 11.0 Å². The van der Waals surface area contributed by atoms with Gasteiger partial charge in [0, 0.05) is 26.4 Å². The molecule has 46 heavy (non-hydrogen) atoms. The Kier molecular flexibility index (Phi) is 8.20. The van der Waals surface area contributed by atoms with Crippen LogP contribution in [0.3, 0.4) is 0 Å². The van der Waals surface area contributed by atoms with Crippen LogP contribution in [0.25, 0.3) is 0 Å². The maximum atomic E-state index is 14.0. The molecular formula is C33H37F3N6O4. The standard InChI is InChI=1S/C33H37F3N6O4/c1-17-6-5-7-22(29(43)37-2)26(17)41-28-23(33(34,35)36)16-39-31(42-28)40-24-9-8-21(12-25(24)45-4)46-27-19-10-18-11-20(27)15-32(13-18,14-19)30(44)38-3/h5-9,12,16,18-20,27H,10-11,13-15H2,1-4H3,(H,37,43)(H,38,44)(H2,39,40,41,42). The minimum absolute atomic E-state index is 0.00847. The number of alkyl halides is 3. The summed E-state index contributed by atoms with van der Waals surface area (Å²) < 4.78 is 54.2. The predicted molar refractivity (Wildman–Crippen MR) is 166 cm³/mol. The number of aromatic nitrogens is 2. The molecule has 1 heterocycles. The number of halogens is 3. The first-order valence-corrected chi connectivity index (χ1v) is 15.3. The monoisotopic (exact) mass is 638 g/mol. The maximum absolute atomic E-state index is 14.0. The van der Waals surface area contributed by atoms with Crippen molar-refractivity contribution in [3.63, 3.8) is 0 Å². The van der Waals surface area contributed by atoms with Crippen molar-refractivity contribution in [3.8, 4) is 11.5 Å². The van der Waals surface area contributed by atoms with Gasteiger partial charge in [-0.3, -0.25) is 9.59 Å². The Morgan fingerprint density at radius 1 is 1.00 bits per heavy atom. The van der Waals surface area contributed by atoms with Gasteiger partial charge in [-0.05, 0) is 80.5 Å². The number of para-hydroxylation sites is 1. The summed E-state index contributed by atoms with van der Waals surface area (Å²) in [5.74, 6) is 1.16. The molecule has 13 heteroatoms. The second-order valence-corrected chi connectivity index (χ2v) is 12.6. The number of carbonyl (C=O) groups is 2. The van der Waals surface area contributed by atoms with E-state index in [0.29, 0.717) is 34.9 Å². The fraction of sp³-hybridized carbons (Fsp3) is 0.455. The van der Waals surface area contributed by atoms with Gasteiger partial charge in [-0.1, -0.05) is 12.1 Å². The largest absolute Gasteiger partial charge is 0.494 e. The molecular weight excluding hydrogens is 601 g/mol. The zero-order valence-electron chi connectivity index (χ0n) is 26.0. The number of anilines is 4. The number of ether oxygens (including phenoxy) is 2. The molecule has 4 saturated carbocycles. The fourth-order valence-electron chi connectivity index (χ4n) is 7.86. The Balaban J connectivity index is 1.24. The van der Waals surface area contributed by atoms with E-state index in [1.54, 1.807) is 44.3 Å². The number of nitrogens with zero attached hydrogens (tertiary/aromatic N) is 2. The number of amides is 2. The van der Waals surface area contributed by atoms with Crippen LogP contribution in [0.15, 0.2) is 42.6 Å². The van der Waals surface area contributed by atoms with Gasteiger partial charge in [-0.15, -0.1) is 0 Å². The van der Waals surface area contributed by atoms with E-state index >= 15 is 0 Å². The molecule has 2 atom stereocenters. The van der Waals surface area contributed by atoms with Crippen LogP contribution in [0, 0.1) is 30.1 Å². The molecule has 4 N–H and O–H groups in total. The average molecular weight is 639 g/mol. The third-order valence-electron chi connectivity index (χ3n) is 9.67. The first kappa shape index (κ1) is 31.4. The minimum Gasteiger partial charge on any atom is -0.494 e. The van der Waals surface area contributed by atoms with E-state index in [1.807, 2.05) is 0 Å². The number of methoxy groups -OCH3 is 1. The van der Waals surface area contributed by atoms with Crippen LogP contribution in [0.2, 0.25) is 0 Å². The quantitative estimate of drug-likeness (QED) is 0.226. The van der Waals surface area contributed by atoms with Gasteiger partial charge in [0.25, 0.3) is 5.91 Å². The second-order valence-electron chi connectivity index (χ2n) is 12.6.